The van der Waals surface area contributed by atoms with E-state index < -0.39 is 0 Å². The van der Waals surface area contributed by atoms with E-state index in [1.165, 1.54) is 0 Å². The molecule has 104 valence electrons. The van der Waals surface area contributed by atoms with Gasteiger partial charge in [0.25, 0.3) is 0 Å². The number of aliphatic hydroxyl groups is 1. The number of hydrogen-bond donors (Lipinski definition) is 1. The van der Waals surface area contributed by atoms with Gasteiger partial charge in [-0.1, -0.05) is 19.1 Å². The van der Waals surface area contributed by atoms with E-state index in [9.17, 15) is 9.90 Å². The van der Waals surface area contributed by atoms with Crippen LogP contribution in [0.15, 0.2) is 24.3 Å². The average Bonchev–Trinajstić information content (AvgIpc) is 2.87. The summed E-state index contributed by atoms with van der Waals surface area (Å²) in [5.74, 6) is 0.781. The Morgan fingerprint density at radius 1 is 1.47 bits per heavy atom. The third-order valence-electron chi connectivity index (χ3n) is 3.70. The number of likely N-dealkylation sites (tertiary alicyclic amines) is 1. The van der Waals surface area contributed by atoms with E-state index in [0.29, 0.717) is 19.5 Å². The van der Waals surface area contributed by atoms with Crippen LogP contribution >= 0.6 is 0 Å². The van der Waals surface area contributed by atoms with E-state index in [1.54, 1.807) is 12.0 Å². The van der Waals surface area contributed by atoms with Gasteiger partial charge in [0.05, 0.1) is 19.1 Å². The first-order valence-corrected chi connectivity index (χ1v) is 6.76. The van der Waals surface area contributed by atoms with Crippen molar-refractivity contribution in [3.05, 3.63) is 29.8 Å². The zero-order valence-corrected chi connectivity index (χ0v) is 11.5. The lowest BCUT2D eigenvalue weighted by atomic mass is 9.95. The molecule has 2 atom stereocenters. The van der Waals surface area contributed by atoms with E-state index in [1.807, 2.05) is 31.2 Å². The number of benzene rings is 1. The third-order valence-corrected chi connectivity index (χ3v) is 3.70. The molecular weight excluding hydrogens is 242 g/mol. The molecule has 4 nitrogen and oxygen atoms in total. The maximum atomic E-state index is 12.5. The van der Waals surface area contributed by atoms with Gasteiger partial charge in [-0.2, -0.15) is 0 Å². The number of β-amino-alcohol motifs (C(OH)–C–C–N with tert-alkyl or cyclic N) is 1. The molecule has 4 heteroatoms. The molecule has 0 spiro atoms. The molecule has 0 aliphatic carbocycles. The van der Waals surface area contributed by atoms with Crippen molar-refractivity contribution in [2.24, 2.45) is 0 Å². The van der Waals surface area contributed by atoms with Crippen LogP contribution < -0.4 is 4.74 Å². The summed E-state index contributed by atoms with van der Waals surface area (Å²) in [7, 11) is 1.63. The summed E-state index contributed by atoms with van der Waals surface area (Å²) in [5.41, 5.74) is 1.01. The molecule has 0 bridgehead atoms. The van der Waals surface area contributed by atoms with Crippen LogP contribution in [0.5, 0.6) is 5.75 Å². The van der Waals surface area contributed by atoms with Gasteiger partial charge >= 0.3 is 0 Å². The summed E-state index contributed by atoms with van der Waals surface area (Å²) in [5, 5.41) is 9.53. The van der Waals surface area contributed by atoms with Gasteiger partial charge in [0.15, 0.2) is 0 Å². The fourth-order valence-electron chi connectivity index (χ4n) is 2.55. The van der Waals surface area contributed by atoms with Crippen LogP contribution in [0.2, 0.25) is 0 Å². The van der Waals surface area contributed by atoms with E-state index in [2.05, 4.69) is 0 Å². The zero-order chi connectivity index (χ0) is 13.8. The van der Waals surface area contributed by atoms with Gasteiger partial charge in [0, 0.05) is 13.1 Å². The van der Waals surface area contributed by atoms with Gasteiger partial charge in [-0.3, -0.25) is 4.79 Å². The fourth-order valence-corrected chi connectivity index (χ4v) is 2.55. The highest BCUT2D eigenvalue weighted by Gasteiger charge is 2.29. The van der Waals surface area contributed by atoms with Crippen LogP contribution in [0.25, 0.3) is 0 Å². The maximum Gasteiger partial charge on any atom is 0.230 e. The molecule has 1 amide bonds. The summed E-state index contributed by atoms with van der Waals surface area (Å²) in [4.78, 5) is 14.2. The van der Waals surface area contributed by atoms with Crippen molar-refractivity contribution >= 4 is 5.91 Å². The molecule has 1 aliphatic heterocycles. The Hall–Kier alpha value is -1.55. The Morgan fingerprint density at radius 2 is 2.16 bits per heavy atom. The molecule has 1 aromatic carbocycles. The molecule has 19 heavy (non-hydrogen) atoms. The van der Waals surface area contributed by atoms with Gasteiger partial charge < -0.3 is 14.7 Å². The molecule has 1 heterocycles. The standard InChI is InChI=1S/C15H21NO3/c1-3-14(11-4-6-13(19-2)7-5-11)15(18)16-9-8-12(17)10-16/h4-7,12,14,17H,3,8-10H2,1-2H3/t12-,14?/m1/s1. The van der Waals surface area contributed by atoms with Crippen LogP contribution in [-0.4, -0.2) is 42.2 Å². The Balaban J connectivity index is 2.12. The first kappa shape index (κ1) is 13.9. The summed E-state index contributed by atoms with van der Waals surface area (Å²) in [6, 6.07) is 7.64. The molecule has 1 aromatic rings. The maximum absolute atomic E-state index is 12.5. The number of methoxy groups -OCH3 is 1. The molecule has 1 fully saturated rings. The highest BCUT2D eigenvalue weighted by atomic mass is 16.5. The lowest BCUT2D eigenvalue weighted by Crippen LogP contribution is -2.33. The highest BCUT2D eigenvalue weighted by molar-refractivity contribution is 5.84. The number of aliphatic hydroxyl groups excluding tert-OH is 1. The SMILES string of the molecule is CCC(C(=O)N1CC[C@@H](O)C1)c1ccc(OC)cc1. The molecule has 0 aromatic heterocycles. The van der Waals surface area contributed by atoms with Crippen molar-refractivity contribution in [2.75, 3.05) is 20.2 Å². The number of nitrogens with zero attached hydrogens (tertiary/aromatic N) is 1. The lowest BCUT2D eigenvalue weighted by Gasteiger charge is -2.22. The van der Waals surface area contributed by atoms with Gasteiger partial charge in [-0.15, -0.1) is 0 Å². The minimum Gasteiger partial charge on any atom is -0.497 e. The number of carbonyl (C=O) groups is 1. The minimum atomic E-state index is -0.364. The number of carbonyl (C=O) groups excluding carboxylic acids is 1. The fraction of sp³-hybridized carbons (Fsp3) is 0.533. The molecule has 2 rings (SSSR count). The number of amides is 1. The second-order valence-electron chi connectivity index (χ2n) is 4.96. The first-order chi connectivity index (χ1) is 9.15. The van der Waals surface area contributed by atoms with Crippen molar-refractivity contribution in [3.8, 4) is 5.75 Å². The van der Waals surface area contributed by atoms with Crippen molar-refractivity contribution in [3.63, 3.8) is 0 Å². The second-order valence-corrected chi connectivity index (χ2v) is 4.96. The van der Waals surface area contributed by atoms with Gasteiger partial charge in [-0.05, 0) is 30.5 Å². The lowest BCUT2D eigenvalue weighted by molar-refractivity contribution is -0.132. The third kappa shape index (κ3) is 3.07. The van der Waals surface area contributed by atoms with Crippen molar-refractivity contribution in [1.29, 1.82) is 0 Å². The molecular formula is C15H21NO3. The molecule has 1 N–H and O–H groups in total. The first-order valence-electron chi connectivity index (χ1n) is 6.76. The smallest absolute Gasteiger partial charge is 0.230 e. The Kier molecular flexibility index (Phi) is 4.43. The summed E-state index contributed by atoms with van der Waals surface area (Å²) >= 11 is 0. The zero-order valence-electron chi connectivity index (χ0n) is 11.5. The number of ether oxygens (including phenoxy) is 1. The van der Waals surface area contributed by atoms with E-state index in [0.717, 1.165) is 17.7 Å². The van der Waals surface area contributed by atoms with E-state index in [4.69, 9.17) is 4.74 Å². The number of rotatable bonds is 4. The quantitative estimate of drug-likeness (QED) is 0.901. The predicted octanol–water partition coefficient (Wildman–Crippen LogP) is 1.78. The van der Waals surface area contributed by atoms with Crippen molar-refractivity contribution < 1.29 is 14.6 Å². The Bertz CT molecular complexity index is 430. The Labute approximate surface area is 114 Å². The average molecular weight is 263 g/mol. The van der Waals surface area contributed by atoms with Crippen LogP contribution in [0.3, 0.4) is 0 Å². The molecule has 0 radical (unpaired) electrons. The minimum absolute atomic E-state index is 0.115. The highest BCUT2D eigenvalue weighted by Crippen LogP contribution is 2.26. The number of hydrogen-bond acceptors (Lipinski definition) is 3. The molecule has 1 unspecified atom stereocenters. The van der Waals surface area contributed by atoms with Gasteiger partial charge in [-0.25, -0.2) is 0 Å². The summed E-state index contributed by atoms with van der Waals surface area (Å²) < 4.78 is 5.13. The monoisotopic (exact) mass is 263 g/mol. The molecule has 1 saturated heterocycles. The summed E-state index contributed by atoms with van der Waals surface area (Å²) in [6.45, 7) is 3.14. The Morgan fingerprint density at radius 3 is 2.63 bits per heavy atom. The van der Waals surface area contributed by atoms with E-state index >= 15 is 0 Å². The van der Waals surface area contributed by atoms with Gasteiger partial charge in [0.1, 0.15) is 5.75 Å². The van der Waals surface area contributed by atoms with Crippen molar-refractivity contribution in [1.82, 2.24) is 4.90 Å². The van der Waals surface area contributed by atoms with E-state index in [-0.39, 0.29) is 17.9 Å². The van der Waals surface area contributed by atoms with Crippen LogP contribution in [-0.2, 0) is 4.79 Å². The van der Waals surface area contributed by atoms with Crippen LogP contribution in [0.1, 0.15) is 31.2 Å². The topological polar surface area (TPSA) is 49.8 Å². The van der Waals surface area contributed by atoms with Gasteiger partial charge in [0.2, 0.25) is 5.91 Å². The largest absolute Gasteiger partial charge is 0.497 e. The van der Waals surface area contributed by atoms with Crippen molar-refractivity contribution in [2.45, 2.75) is 31.8 Å². The summed E-state index contributed by atoms with van der Waals surface area (Å²) in [6.07, 6.45) is 1.08. The molecule has 1 aliphatic rings. The molecule has 0 saturated carbocycles. The van der Waals surface area contributed by atoms with Crippen LogP contribution in [0.4, 0.5) is 0 Å². The van der Waals surface area contributed by atoms with Crippen LogP contribution in [0, 0.1) is 0 Å². The normalized spacial score (nSPS) is 20.4. The second kappa shape index (κ2) is 6.06. The predicted molar refractivity (Wildman–Crippen MR) is 73.2 cm³/mol.